The summed E-state index contributed by atoms with van der Waals surface area (Å²) >= 11 is 6.53. The molecule has 19 heavy (non-hydrogen) atoms. The van der Waals surface area contributed by atoms with E-state index in [0.717, 1.165) is 0 Å². The van der Waals surface area contributed by atoms with Gasteiger partial charge in [-0.1, -0.05) is 0 Å². The molecule has 1 aromatic carbocycles. The van der Waals surface area contributed by atoms with Crippen molar-refractivity contribution in [1.29, 1.82) is 0 Å². The van der Waals surface area contributed by atoms with Gasteiger partial charge in [0.05, 0.1) is 16.8 Å². The Labute approximate surface area is 126 Å². The van der Waals surface area contributed by atoms with E-state index in [9.17, 15) is 10.2 Å². The maximum Gasteiger partial charge on any atom is 0.147 e. The van der Waals surface area contributed by atoms with Crippen molar-refractivity contribution >= 4 is 31.9 Å². The van der Waals surface area contributed by atoms with Crippen LogP contribution < -0.4 is 4.74 Å². The lowest BCUT2D eigenvalue weighted by atomic mass is 9.99. The number of benzene rings is 1. The number of ether oxygens (including phenoxy) is 1. The second-order valence-corrected chi connectivity index (χ2v) is 5.92. The van der Waals surface area contributed by atoms with E-state index in [1.54, 1.807) is 24.8 Å². The molecular weight excluding hydrogens is 380 g/mol. The zero-order valence-corrected chi connectivity index (χ0v) is 12.8. The van der Waals surface area contributed by atoms with Crippen LogP contribution in [0, 0.1) is 0 Å². The highest BCUT2D eigenvalue weighted by Crippen LogP contribution is 2.48. The highest BCUT2D eigenvalue weighted by Gasteiger charge is 2.33. The molecule has 0 bridgehead atoms. The van der Waals surface area contributed by atoms with Gasteiger partial charge < -0.3 is 19.5 Å². The summed E-state index contributed by atoms with van der Waals surface area (Å²) in [5.74, 6) is 0.539. The van der Waals surface area contributed by atoms with Crippen LogP contribution in [-0.2, 0) is 0 Å². The Hall–Kier alpha value is -1.05. The van der Waals surface area contributed by atoms with Crippen LogP contribution in [0.2, 0.25) is 0 Å². The number of fused-ring (bicyclic) bond motifs is 1. The van der Waals surface area contributed by atoms with Gasteiger partial charge in [-0.25, -0.2) is 4.98 Å². The first-order valence-electron chi connectivity index (χ1n) is 5.58. The number of phenols is 1. The predicted octanol–water partition coefficient (Wildman–Crippen LogP) is 2.78. The Balaban J connectivity index is 2.07. The van der Waals surface area contributed by atoms with E-state index < -0.39 is 6.10 Å². The van der Waals surface area contributed by atoms with Gasteiger partial charge in [-0.3, -0.25) is 0 Å². The van der Waals surface area contributed by atoms with E-state index in [1.807, 2.05) is 4.57 Å². The minimum absolute atomic E-state index is 0.0621. The van der Waals surface area contributed by atoms with Crippen molar-refractivity contribution in [2.24, 2.45) is 0 Å². The summed E-state index contributed by atoms with van der Waals surface area (Å²) in [5, 5.41) is 20.3. The first-order chi connectivity index (χ1) is 9.09. The Morgan fingerprint density at radius 2 is 2.21 bits per heavy atom. The fourth-order valence-electron chi connectivity index (χ4n) is 2.16. The summed E-state index contributed by atoms with van der Waals surface area (Å²) in [5.41, 5.74) is 0.626. The Morgan fingerprint density at radius 3 is 2.89 bits per heavy atom. The molecule has 0 spiro atoms. The van der Waals surface area contributed by atoms with Gasteiger partial charge in [-0.15, -0.1) is 0 Å². The SMILES string of the molecule is Oc1c(Br)cc2c(c1Br)OCC(n1ccnc1)C2O. The molecule has 0 saturated carbocycles. The molecule has 0 radical (unpaired) electrons. The number of aliphatic hydroxyl groups excluding tert-OH is 1. The molecule has 7 heteroatoms. The molecule has 1 aliphatic rings. The molecule has 0 amide bonds. The summed E-state index contributed by atoms with van der Waals surface area (Å²) in [7, 11) is 0. The fourth-order valence-corrected chi connectivity index (χ4v) is 3.43. The lowest BCUT2D eigenvalue weighted by Crippen LogP contribution is -2.28. The van der Waals surface area contributed by atoms with Crippen LogP contribution >= 0.6 is 31.9 Å². The summed E-state index contributed by atoms with van der Waals surface area (Å²) in [6, 6.07) is 1.43. The molecule has 100 valence electrons. The first-order valence-corrected chi connectivity index (χ1v) is 7.17. The van der Waals surface area contributed by atoms with E-state index in [-0.39, 0.29) is 11.8 Å². The lowest BCUT2D eigenvalue weighted by Gasteiger charge is -2.32. The number of imidazole rings is 1. The molecule has 0 fully saturated rings. The number of hydrogen-bond donors (Lipinski definition) is 2. The molecular formula is C12H10Br2N2O3. The molecule has 2 atom stereocenters. The van der Waals surface area contributed by atoms with E-state index in [0.29, 0.717) is 26.9 Å². The van der Waals surface area contributed by atoms with Crippen LogP contribution in [0.4, 0.5) is 0 Å². The molecule has 3 rings (SSSR count). The van der Waals surface area contributed by atoms with Gasteiger partial charge in [-0.05, 0) is 37.9 Å². The average Bonchev–Trinajstić information content (AvgIpc) is 2.91. The maximum absolute atomic E-state index is 10.5. The quantitative estimate of drug-likeness (QED) is 0.786. The number of aliphatic hydroxyl groups is 1. The minimum Gasteiger partial charge on any atom is -0.505 e. The van der Waals surface area contributed by atoms with E-state index in [1.165, 1.54) is 0 Å². The second-order valence-electron chi connectivity index (χ2n) is 4.27. The minimum atomic E-state index is -0.730. The largest absolute Gasteiger partial charge is 0.505 e. The number of aromatic nitrogens is 2. The third-order valence-corrected chi connectivity index (χ3v) is 4.51. The maximum atomic E-state index is 10.5. The van der Waals surface area contributed by atoms with E-state index in [4.69, 9.17) is 4.74 Å². The summed E-state index contributed by atoms with van der Waals surface area (Å²) in [4.78, 5) is 3.97. The van der Waals surface area contributed by atoms with Gasteiger partial charge >= 0.3 is 0 Å². The number of halogens is 2. The van der Waals surface area contributed by atoms with Gasteiger partial charge in [-0.2, -0.15) is 0 Å². The van der Waals surface area contributed by atoms with Crippen molar-refractivity contribution in [3.8, 4) is 11.5 Å². The number of aromatic hydroxyl groups is 1. The standard InChI is InChI=1S/C12H10Br2N2O3/c13-7-3-6-10(17)8(16-2-1-15-5-16)4-19-12(6)9(14)11(7)18/h1-3,5,8,10,17-18H,4H2. The van der Waals surface area contributed by atoms with Gasteiger partial charge in [0.15, 0.2) is 0 Å². The fraction of sp³-hybridized carbons (Fsp3) is 0.250. The average molecular weight is 390 g/mol. The van der Waals surface area contributed by atoms with Crippen molar-refractivity contribution in [1.82, 2.24) is 9.55 Å². The van der Waals surface area contributed by atoms with Gasteiger partial charge in [0, 0.05) is 18.0 Å². The molecule has 0 saturated heterocycles. The highest BCUT2D eigenvalue weighted by molar-refractivity contribution is 9.11. The van der Waals surface area contributed by atoms with Crippen molar-refractivity contribution in [2.75, 3.05) is 6.61 Å². The Morgan fingerprint density at radius 1 is 1.42 bits per heavy atom. The number of phenolic OH excluding ortho intramolecular Hbond substituents is 1. The second kappa shape index (κ2) is 4.81. The van der Waals surface area contributed by atoms with Crippen LogP contribution in [0.15, 0.2) is 33.7 Å². The molecule has 2 aromatic rings. The van der Waals surface area contributed by atoms with E-state index in [2.05, 4.69) is 36.8 Å². The molecule has 1 aromatic heterocycles. The van der Waals surface area contributed by atoms with Crippen LogP contribution in [0.25, 0.3) is 0 Å². The Kier molecular flexibility index (Phi) is 3.28. The lowest BCUT2D eigenvalue weighted by molar-refractivity contribution is 0.0561. The number of rotatable bonds is 1. The highest BCUT2D eigenvalue weighted by atomic mass is 79.9. The Bertz CT molecular complexity index is 616. The van der Waals surface area contributed by atoms with Crippen LogP contribution in [0.1, 0.15) is 17.7 Å². The summed E-state index contributed by atoms with van der Waals surface area (Å²) in [6.07, 6.45) is 4.36. The van der Waals surface area contributed by atoms with Crippen molar-refractivity contribution in [2.45, 2.75) is 12.1 Å². The number of nitrogens with zero attached hydrogens (tertiary/aromatic N) is 2. The number of hydrogen-bond acceptors (Lipinski definition) is 4. The smallest absolute Gasteiger partial charge is 0.147 e. The van der Waals surface area contributed by atoms with Crippen molar-refractivity contribution < 1.29 is 14.9 Å². The summed E-state index contributed by atoms with van der Waals surface area (Å²) < 4.78 is 8.42. The van der Waals surface area contributed by atoms with Gasteiger partial charge in [0.1, 0.15) is 28.7 Å². The first kappa shape index (κ1) is 13.0. The molecule has 1 aliphatic heterocycles. The molecule has 0 aliphatic carbocycles. The van der Waals surface area contributed by atoms with Crippen LogP contribution in [0.3, 0.4) is 0 Å². The monoisotopic (exact) mass is 388 g/mol. The van der Waals surface area contributed by atoms with E-state index >= 15 is 0 Å². The molecule has 2 heterocycles. The third kappa shape index (κ3) is 2.05. The molecule has 5 nitrogen and oxygen atoms in total. The molecule has 2 N–H and O–H groups in total. The summed E-state index contributed by atoms with van der Waals surface area (Å²) in [6.45, 7) is 0.310. The molecule has 2 unspecified atom stereocenters. The normalized spacial score (nSPS) is 21.8. The van der Waals surface area contributed by atoms with Gasteiger partial charge in [0.25, 0.3) is 0 Å². The van der Waals surface area contributed by atoms with Crippen molar-refractivity contribution in [3.63, 3.8) is 0 Å². The predicted molar refractivity (Wildman–Crippen MR) is 75.2 cm³/mol. The van der Waals surface area contributed by atoms with Crippen LogP contribution in [0.5, 0.6) is 11.5 Å². The van der Waals surface area contributed by atoms with Crippen LogP contribution in [-0.4, -0.2) is 26.4 Å². The topological polar surface area (TPSA) is 67.5 Å². The third-order valence-electron chi connectivity index (χ3n) is 3.17. The van der Waals surface area contributed by atoms with Gasteiger partial charge in [0.2, 0.25) is 0 Å². The zero-order chi connectivity index (χ0) is 13.6. The zero-order valence-electron chi connectivity index (χ0n) is 9.62. The van der Waals surface area contributed by atoms with Crippen molar-refractivity contribution in [3.05, 3.63) is 39.3 Å².